The van der Waals surface area contributed by atoms with Crippen molar-refractivity contribution in [3.05, 3.63) is 29.8 Å². The van der Waals surface area contributed by atoms with Crippen LogP contribution < -0.4 is 5.32 Å². The zero-order chi connectivity index (χ0) is 16.2. The van der Waals surface area contributed by atoms with E-state index < -0.39 is 10.0 Å². The maximum atomic E-state index is 12.6. The SMILES string of the molecule is CC1CCC(NCc2ccccc2S(=O)(=O)N(C)CCO)C1. The lowest BCUT2D eigenvalue weighted by Gasteiger charge is -2.19. The van der Waals surface area contributed by atoms with Crippen LogP contribution in [0.3, 0.4) is 0 Å². The van der Waals surface area contributed by atoms with Crippen molar-refractivity contribution in [3.63, 3.8) is 0 Å². The number of benzene rings is 1. The van der Waals surface area contributed by atoms with Crippen LogP contribution in [0.25, 0.3) is 0 Å². The predicted molar refractivity (Wildman–Crippen MR) is 87.0 cm³/mol. The lowest BCUT2D eigenvalue weighted by molar-refractivity contribution is 0.266. The van der Waals surface area contributed by atoms with Gasteiger partial charge in [-0.2, -0.15) is 4.31 Å². The molecule has 1 fully saturated rings. The number of nitrogens with one attached hydrogen (secondary N) is 1. The van der Waals surface area contributed by atoms with Gasteiger partial charge < -0.3 is 10.4 Å². The minimum absolute atomic E-state index is 0.101. The topological polar surface area (TPSA) is 69.6 Å². The van der Waals surface area contributed by atoms with Crippen molar-refractivity contribution in [2.75, 3.05) is 20.2 Å². The molecule has 1 aliphatic carbocycles. The van der Waals surface area contributed by atoms with E-state index in [1.54, 1.807) is 12.1 Å². The van der Waals surface area contributed by atoms with Gasteiger partial charge in [0.15, 0.2) is 0 Å². The lowest BCUT2D eigenvalue weighted by Crippen LogP contribution is -2.32. The standard InChI is InChI=1S/C16H26N2O3S/c1-13-7-8-15(11-13)17-12-14-5-3-4-6-16(14)22(20,21)18(2)9-10-19/h3-6,13,15,17,19H,7-12H2,1-2H3. The number of sulfonamides is 1. The summed E-state index contributed by atoms with van der Waals surface area (Å²) in [6.45, 7) is 2.73. The third kappa shape index (κ3) is 4.07. The number of hydrogen-bond acceptors (Lipinski definition) is 4. The van der Waals surface area contributed by atoms with Crippen molar-refractivity contribution in [1.29, 1.82) is 0 Å². The van der Waals surface area contributed by atoms with Crippen LogP contribution in [0, 0.1) is 5.92 Å². The molecule has 0 amide bonds. The molecule has 0 bridgehead atoms. The van der Waals surface area contributed by atoms with Crippen LogP contribution in [0.4, 0.5) is 0 Å². The molecule has 1 saturated carbocycles. The van der Waals surface area contributed by atoms with Crippen molar-refractivity contribution >= 4 is 10.0 Å². The molecule has 2 atom stereocenters. The van der Waals surface area contributed by atoms with Crippen LogP contribution in [-0.2, 0) is 16.6 Å². The summed E-state index contributed by atoms with van der Waals surface area (Å²) in [5.41, 5.74) is 0.784. The van der Waals surface area contributed by atoms with Gasteiger partial charge >= 0.3 is 0 Å². The quantitative estimate of drug-likeness (QED) is 0.798. The van der Waals surface area contributed by atoms with Gasteiger partial charge in [-0.3, -0.25) is 0 Å². The summed E-state index contributed by atoms with van der Waals surface area (Å²) in [6, 6.07) is 7.56. The van der Waals surface area contributed by atoms with Crippen LogP contribution in [-0.4, -0.2) is 44.1 Å². The number of aliphatic hydroxyl groups is 1. The minimum atomic E-state index is -3.55. The molecule has 22 heavy (non-hydrogen) atoms. The van der Waals surface area contributed by atoms with E-state index in [0.29, 0.717) is 17.5 Å². The molecule has 0 radical (unpaired) electrons. The lowest BCUT2D eigenvalue weighted by atomic mass is 10.1. The highest BCUT2D eigenvalue weighted by Gasteiger charge is 2.25. The fraction of sp³-hybridized carbons (Fsp3) is 0.625. The summed E-state index contributed by atoms with van der Waals surface area (Å²) in [6.07, 6.45) is 3.54. The largest absolute Gasteiger partial charge is 0.395 e. The van der Waals surface area contributed by atoms with Crippen LogP contribution >= 0.6 is 0 Å². The van der Waals surface area contributed by atoms with Crippen molar-refractivity contribution in [3.8, 4) is 0 Å². The Kier molecular flexibility index (Phi) is 5.97. The summed E-state index contributed by atoms with van der Waals surface area (Å²) >= 11 is 0. The van der Waals surface area contributed by atoms with Crippen LogP contribution in [0.15, 0.2) is 29.2 Å². The summed E-state index contributed by atoms with van der Waals surface area (Å²) in [5.74, 6) is 0.743. The van der Waals surface area contributed by atoms with Gasteiger partial charge in [-0.05, 0) is 36.8 Å². The normalized spacial score (nSPS) is 22.4. The second-order valence-electron chi connectivity index (χ2n) is 6.15. The predicted octanol–water partition coefficient (Wildman–Crippen LogP) is 1.58. The van der Waals surface area contributed by atoms with Gasteiger partial charge in [0.2, 0.25) is 10.0 Å². The van der Waals surface area contributed by atoms with E-state index in [2.05, 4.69) is 12.2 Å². The van der Waals surface area contributed by atoms with Crippen molar-refractivity contribution in [1.82, 2.24) is 9.62 Å². The molecule has 2 rings (SSSR count). The Hall–Kier alpha value is -0.950. The Balaban J connectivity index is 2.12. The average molecular weight is 326 g/mol. The minimum Gasteiger partial charge on any atom is -0.395 e. The Morgan fingerprint density at radius 1 is 1.32 bits per heavy atom. The zero-order valence-electron chi connectivity index (χ0n) is 13.3. The highest BCUT2D eigenvalue weighted by Crippen LogP contribution is 2.25. The Labute approximate surface area is 133 Å². The second kappa shape index (κ2) is 7.55. The Bertz CT molecular complexity index is 589. The van der Waals surface area contributed by atoms with Gasteiger partial charge in [0.1, 0.15) is 0 Å². The van der Waals surface area contributed by atoms with E-state index in [9.17, 15) is 8.42 Å². The monoisotopic (exact) mass is 326 g/mol. The summed E-state index contributed by atoms with van der Waals surface area (Å²) in [4.78, 5) is 0.324. The first-order valence-electron chi connectivity index (χ1n) is 7.83. The molecule has 124 valence electrons. The van der Waals surface area contributed by atoms with E-state index >= 15 is 0 Å². The summed E-state index contributed by atoms with van der Waals surface area (Å²) in [5, 5.41) is 12.4. The van der Waals surface area contributed by atoms with Gasteiger partial charge in [0.25, 0.3) is 0 Å². The number of rotatable bonds is 7. The molecule has 2 unspecified atom stereocenters. The average Bonchev–Trinajstić information content (AvgIpc) is 2.91. The molecular weight excluding hydrogens is 300 g/mol. The molecule has 0 aliphatic heterocycles. The Morgan fingerprint density at radius 3 is 2.68 bits per heavy atom. The number of aliphatic hydroxyl groups excluding tert-OH is 1. The van der Waals surface area contributed by atoms with E-state index in [1.165, 1.54) is 17.8 Å². The third-order valence-corrected chi connectivity index (χ3v) is 6.31. The molecule has 2 N–H and O–H groups in total. The number of likely N-dealkylation sites (N-methyl/N-ethyl adjacent to an activating group) is 1. The van der Waals surface area contributed by atoms with E-state index in [0.717, 1.165) is 24.3 Å². The highest BCUT2D eigenvalue weighted by atomic mass is 32.2. The van der Waals surface area contributed by atoms with Crippen LogP contribution in [0.1, 0.15) is 31.7 Å². The molecule has 0 spiro atoms. The first kappa shape index (κ1) is 17.4. The summed E-state index contributed by atoms with van der Waals surface area (Å²) < 4.78 is 26.4. The first-order valence-corrected chi connectivity index (χ1v) is 9.27. The van der Waals surface area contributed by atoms with Gasteiger partial charge in [-0.25, -0.2) is 8.42 Å². The molecule has 0 saturated heterocycles. The number of hydrogen-bond donors (Lipinski definition) is 2. The van der Waals surface area contributed by atoms with Gasteiger partial charge in [0, 0.05) is 26.2 Å². The maximum Gasteiger partial charge on any atom is 0.243 e. The van der Waals surface area contributed by atoms with Crippen molar-refractivity contribution in [2.24, 2.45) is 5.92 Å². The smallest absolute Gasteiger partial charge is 0.243 e. The molecule has 6 heteroatoms. The third-order valence-electron chi connectivity index (χ3n) is 4.35. The maximum absolute atomic E-state index is 12.6. The number of nitrogens with zero attached hydrogens (tertiary/aromatic N) is 1. The van der Waals surface area contributed by atoms with Crippen molar-refractivity contribution in [2.45, 2.75) is 43.7 Å². The van der Waals surface area contributed by atoms with Crippen LogP contribution in [0.5, 0.6) is 0 Å². The van der Waals surface area contributed by atoms with Gasteiger partial charge in [-0.15, -0.1) is 0 Å². The van der Waals surface area contributed by atoms with E-state index in [1.807, 2.05) is 12.1 Å². The first-order chi connectivity index (χ1) is 10.4. The molecule has 1 aromatic rings. The summed E-state index contributed by atoms with van der Waals surface area (Å²) in [7, 11) is -2.06. The molecule has 0 aromatic heterocycles. The van der Waals surface area contributed by atoms with Crippen LogP contribution in [0.2, 0.25) is 0 Å². The van der Waals surface area contributed by atoms with Crippen molar-refractivity contribution < 1.29 is 13.5 Å². The Morgan fingerprint density at radius 2 is 2.05 bits per heavy atom. The van der Waals surface area contributed by atoms with E-state index in [4.69, 9.17) is 5.11 Å². The molecule has 1 aliphatic rings. The second-order valence-corrected chi connectivity index (χ2v) is 8.17. The van der Waals surface area contributed by atoms with Gasteiger partial charge in [-0.1, -0.05) is 25.1 Å². The molecule has 1 aromatic carbocycles. The fourth-order valence-electron chi connectivity index (χ4n) is 2.98. The van der Waals surface area contributed by atoms with E-state index in [-0.39, 0.29) is 13.2 Å². The fourth-order valence-corrected chi connectivity index (χ4v) is 4.36. The molecule has 0 heterocycles. The molecule has 5 nitrogen and oxygen atoms in total. The zero-order valence-corrected chi connectivity index (χ0v) is 14.1. The van der Waals surface area contributed by atoms with Gasteiger partial charge in [0.05, 0.1) is 11.5 Å². The molecular formula is C16H26N2O3S. The highest BCUT2D eigenvalue weighted by molar-refractivity contribution is 7.89.